The standard InChI is InChI=1S/C22H14ClF3N4O/c1-29-8-14-13(7-18(26)20(23)21(14)28-29)11-5-16(24)15(17(25)6-11)9-30-10-19-12(22(30)31)3-2-4-27-19/h2-8H,9-10H2,1H3/i10D2. The van der Waals surface area contributed by atoms with Crippen molar-refractivity contribution in [2.45, 2.75) is 13.0 Å². The Hall–Kier alpha value is -3.39. The number of halogens is 4. The van der Waals surface area contributed by atoms with E-state index in [1.807, 2.05) is 0 Å². The minimum Gasteiger partial charge on any atom is -0.328 e. The molecule has 0 aliphatic carbocycles. The lowest BCUT2D eigenvalue weighted by atomic mass is 9.99. The number of aryl methyl sites for hydroxylation is 1. The number of hydrogen-bond acceptors (Lipinski definition) is 3. The lowest BCUT2D eigenvalue weighted by Gasteiger charge is -2.17. The molecule has 31 heavy (non-hydrogen) atoms. The predicted molar refractivity (Wildman–Crippen MR) is 109 cm³/mol. The Labute approximate surface area is 182 Å². The molecule has 0 radical (unpaired) electrons. The lowest BCUT2D eigenvalue weighted by molar-refractivity contribution is 0.0763. The van der Waals surface area contributed by atoms with E-state index in [-0.39, 0.29) is 32.9 Å². The van der Waals surface area contributed by atoms with Gasteiger partial charge in [0, 0.05) is 30.4 Å². The second-order valence-electron chi connectivity index (χ2n) is 7.11. The fourth-order valence-corrected chi connectivity index (χ4v) is 3.83. The highest BCUT2D eigenvalue weighted by Gasteiger charge is 2.30. The number of aromatic nitrogens is 3. The highest BCUT2D eigenvalue weighted by atomic mass is 35.5. The van der Waals surface area contributed by atoms with Gasteiger partial charge < -0.3 is 4.90 Å². The number of pyridine rings is 1. The van der Waals surface area contributed by atoms with E-state index < -0.39 is 42.0 Å². The van der Waals surface area contributed by atoms with Crippen molar-refractivity contribution in [2.75, 3.05) is 0 Å². The van der Waals surface area contributed by atoms with Crippen LogP contribution in [0.2, 0.25) is 5.02 Å². The van der Waals surface area contributed by atoms with Gasteiger partial charge in [0.25, 0.3) is 5.91 Å². The largest absolute Gasteiger partial charge is 0.328 e. The number of amides is 1. The van der Waals surface area contributed by atoms with Gasteiger partial charge in [-0.25, -0.2) is 13.2 Å². The van der Waals surface area contributed by atoms with Gasteiger partial charge in [-0.2, -0.15) is 5.10 Å². The minimum absolute atomic E-state index is 0.0375. The monoisotopic (exact) mass is 444 g/mol. The van der Waals surface area contributed by atoms with E-state index in [1.54, 1.807) is 13.2 Å². The van der Waals surface area contributed by atoms with Crippen LogP contribution in [0.4, 0.5) is 13.2 Å². The maximum absolute atomic E-state index is 15.1. The summed E-state index contributed by atoms with van der Waals surface area (Å²) >= 11 is 5.98. The quantitative estimate of drug-likeness (QED) is 0.453. The summed E-state index contributed by atoms with van der Waals surface area (Å²) in [5, 5.41) is 4.31. The van der Waals surface area contributed by atoms with Crippen molar-refractivity contribution in [2.24, 2.45) is 7.05 Å². The number of carbonyl (C=O) groups excluding carboxylic acids is 1. The van der Waals surface area contributed by atoms with E-state index in [2.05, 4.69) is 10.1 Å². The van der Waals surface area contributed by atoms with E-state index in [0.717, 1.165) is 23.1 Å². The van der Waals surface area contributed by atoms with Gasteiger partial charge in [0.05, 0.1) is 27.0 Å². The Morgan fingerprint density at radius 3 is 2.61 bits per heavy atom. The average molecular weight is 445 g/mol. The normalized spacial score (nSPS) is 15.9. The van der Waals surface area contributed by atoms with Crippen LogP contribution in [0.15, 0.2) is 42.7 Å². The van der Waals surface area contributed by atoms with Crippen molar-refractivity contribution in [3.05, 3.63) is 82.0 Å². The average Bonchev–Trinajstić information content (AvgIpc) is 3.24. The molecule has 5 rings (SSSR count). The van der Waals surface area contributed by atoms with Crippen LogP contribution in [0.25, 0.3) is 22.0 Å². The van der Waals surface area contributed by atoms with Gasteiger partial charge in [-0.1, -0.05) is 11.6 Å². The van der Waals surface area contributed by atoms with Gasteiger partial charge in [-0.3, -0.25) is 14.5 Å². The molecule has 0 N–H and O–H groups in total. The van der Waals surface area contributed by atoms with Crippen molar-refractivity contribution >= 4 is 28.4 Å². The molecule has 5 nitrogen and oxygen atoms in total. The molecule has 3 heterocycles. The van der Waals surface area contributed by atoms with E-state index in [0.29, 0.717) is 5.39 Å². The molecule has 1 amide bonds. The Bertz CT molecular complexity index is 1450. The van der Waals surface area contributed by atoms with Gasteiger partial charge in [-0.15, -0.1) is 0 Å². The third-order valence-corrected chi connectivity index (χ3v) is 5.46. The number of carbonyl (C=O) groups is 1. The van der Waals surface area contributed by atoms with E-state index >= 15 is 8.78 Å². The second-order valence-corrected chi connectivity index (χ2v) is 7.48. The molecule has 0 atom stereocenters. The molecule has 0 unspecified atom stereocenters. The van der Waals surface area contributed by atoms with E-state index in [9.17, 15) is 9.18 Å². The van der Waals surface area contributed by atoms with Crippen molar-refractivity contribution in [3.63, 3.8) is 0 Å². The number of rotatable bonds is 3. The molecule has 0 spiro atoms. The Morgan fingerprint density at radius 2 is 1.90 bits per heavy atom. The Balaban J connectivity index is 1.57. The summed E-state index contributed by atoms with van der Waals surface area (Å²) in [5.74, 6) is -3.53. The summed E-state index contributed by atoms with van der Waals surface area (Å²) < 4.78 is 62.5. The number of benzene rings is 2. The number of fused-ring (bicyclic) bond motifs is 2. The van der Waals surface area contributed by atoms with Crippen molar-refractivity contribution in [1.29, 1.82) is 0 Å². The highest BCUT2D eigenvalue weighted by Crippen LogP contribution is 2.36. The zero-order chi connectivity index (χ0) is 23.7. The van der Waals surface area contributed by atoms with Crippen LogP contribution < -0.4 is 0 Å². The van der Waals surface area contributed by atoms with Gasteiger partial charge in [0.15, 0.2) is 0 Å². The molecular weight excluding hydrogens is 429 g/mol. The van der Waals surface area contributed by atoms with Gasteiger partial charge in [-0.05, 0) is 41.5 Å². The van der Waals surface area contributed by atoms with Crippen molar-refractivity contribution in [3.8, 4) is 11.1 Å². The third kappa shape index (κ3) is 3.14. The maximum Gasteiger partial charge on any atom is 0.256 e. The predicted octanol–water partition coefficient (Wildman–Crippen LogP) is 4.86. The molecular formula is C22H14ClF3N4O. The highest BCUT2D eigenvalue weighted by molar-refractivity contribution is 6.35. The van der Waals surface area contributed by atoms with Crippen molar-refractivity contribution in [1.82, 2.24) is 19.7 Å². The zero-order valence-electron chi connectivity index (χ0n) is 18.0. The third-order valence-electron chi connectivity index (χ3n) is 5.10. The van der Waals surface area contributed by atoms with Crippen LogP contribution in [0.1, 0.15) is 24.4 Å². The first-order valence-corrected chi connectivity index (χ1v) is 9.54. The molecule has 0 saturated heterocycles. The maximum atomic E-state index is 15.1. The van der Waals surface area contributed by atoms with Crippen LogP contribution >= 0.6 is 11.6 Å². The fourth-order valence-electron chi connectivity index (χ4n) is 3.64. The SMILES string of the molecule is [2H]C1([2H])c2ncccc2C(=O)N1Cc1c(F)cc(-c2cc(F)c(Cl)c3nn(C)cc23)cc1F. The van der Waals surface area contributed by atoms with Crippen LogP contribution in [0.3, 0.4) is 0 Å². The molecule has 1 aliphatic rings. The van der Waals surface area contributed by atoms with Gasteiger partial charge >= 0.3 is 0 Å². The molecule has 1 aliphatic heterocycles. The summed E-state index contributed by atoms with van der Waals surface area (Å²) in [6.45, 7) is -3.00. The second kappa shape index (κ2) is 7.09. The van der Waals surface area contributed by atoms with Crippen LogP contribution in [-0.4, -0.2) is 25.6 Å². The fraction of sp³-hybridized carbons (Fsp3) is 0.136. The summed E-state index contributed by atoms with van der Waals surface area (Å²) in [6, 6.07) is 5.98. The number of hydrogen-bond donors (Lipinski definition) is 0. The molecule has 0 bridgehead atoms. The van der Waals surface area contributed by atoms with Gasteiger partial charge in [0.1, 0.15) is 28.0 Å². The van der Waals surface area contributed by atoms with Crippen molar-refractivity contribution < 1.29 is 20.7 Å². The molecule has 2 aromatic heterocycles. The van der Waals surface area contributed by atoms with Crippen LogP contribution in [-0.2, 0) is 20.1 Å². The summed E-state index contributed by atoms with van der Waals surface area (Å²) in [7, 11) is 1.61. The Kier molecular flexibility index (Phi) is 3.96. The molecule has 156 valence electrons. The smallest absolute Gasteiger partial charge is 0.256 e. The number of nitrogens with zero attached hydrogens (tertiary/aromatic N) is 4. The lowest BCUT2D eigenvalue weighted by Crippen LogP contribution is -2.24. The summed E-state index contributed by atoms with van der Waals surface area (Å²) in [6.07, 6.45) is 2.90. The first-order chi connectivity index (χ1) is 15.6. The molecule has 0 saturated carbocycles. The molecule has 4 aromatic rings. The molecule has 0 fully saturated rings. The first-order valence-electron chi connectivity index (χ1n) is 10.2. The summed E-state index contributed by atoms with van der Waals surface area (Å²) in [4.78, 5) is 17.3. The van der Waals surface area contributed by atoms with E-state index in [1.165, 1.54) is 23.0 Å². The Morgan fingerprint density at radius 1 is 1.16 bits per heavy atom. The topological polar surface area (TPSA) is 51.0 Å². The van der Waals surface area contributed by atoms with Gasteiger partial charge in [0.2, 0.25) is 0 Å². The minimum atomic E-state index is -2.34. The van der Waals surface area contributed by atoms with Crippen LogP contribution in [0.5, 0.6) is 0 Å². The zero-order valence-corrected chi connectivity index (χ0v) is 16.7. The first kappa shape index (κ1) is 17.3. The molecule has 9 heteroatoms. The molecule has 2 aromatic carbocycles. The van der Waals surface area contributed by atoms with Crippen LogP contribution in [0, 0.1) is 17.5 Å². The summed E-state index contributed by atoms with van der Waals surface area (Å²) in [5.41, 5.74) is -0.184. The van der Waals surface area contributed by atoms with E-state index in [4.69, 9.17) is 14.3 Å².